The number of para-hydroxylation sites is 1. The summed E-state index contributed by atoms with van der Waals surface area (Å²) >= 11 is 0. The SMILES string of the molecule is C=Cn1c2ccccc2c2ccnc(CN(CCCCN)[C@H]3CCCc4cccnc43)c21. The van der Waals surface area contributed by atoms with Gasteiger partial charge in [0.25, 0.3) is 0 Å². The second-order valence-corrected chi connectivity index (χ2v) is 8.65. The Morgan fingerprint density at radius 3 is 2.84 bits per heavy atom. The number of nitrogens with zero attached hydrogens (tertiary/aromatic N) is 4. The van der Waals surface area contributed by atoms with Gasteiger partial charge in [-0.15, -0.1) is 0 Å². The molecule has 4 aromatic rings. The molecule has 0 saturated carbocycles. The van der Waals surface area contributed by atoms with Crippen LogP contribution in [0.2, 0.25) is 0 Å². The zero-order valence-electron chi connectivity index (χ0n) is 18.6. The molecule has 1 aromatic carbocycles. The Kier molecular flexibility index (Phi) is 6.02. The minimum Gasteiger partial charge on any atom is -0.330 e. The van der Waals surface area contributed by atoms with Crippen LogP contribution in [0.4, 0.5) is 0 Å². The van der Waals surface area contributed by atoms with Crippen molar-refractivity contribution in [3.8, 4) is 0 Å². The van der Waals surface area contributed by atoms with E-state index in [1.807, 2.05) is 18.6 Å². The lowest BCUT2D eigenvalue weighted by Gasteiger charge is -2.35. The average Bonchev–Trinajstić information content (AvgIpc) is 3.18. The first-order chi connectivity index (χ1) is 15.8. The van der Waals surface area contributed by atoms with Crippen molar-refractivity contribution < 1.29 is 0 Å². The largest absolute Gasteiger partial charge is 0.330 e. The maximum absolute atomic E-state index is 5.82. The van der Waals surface area contributed by atoms with Gasteiger partial charge in [-0.1, -0.05) is 30.8 Å². The summed E-state index contributed by atoms with van der Waals surface area (Å²) in [6.45, 7) is 6.60. The van der Waals surface area contributed by atoms with Crippen molar-refractivity contribution in [2.24, 2.45) is 5.73 Å². The van der Waals surface area contributed by atoms with Crippen molar-refractivity contribution in [1.29, 1.82) is 0 Å². The molecule has 0 amide bonds. The summed E-state index contributed by atoms with van der Waals surface area (Å²) in [4.78, 5) is 12.3. The molecule has 0 bridgehead atoms. The van der Waals surface area contributed by atoms with Crippen molar-refractivity contribution in [2.75, 3.05) is 13.1 Å². The fourth-order valence-electron chi connectivity index (χ4n) is 5.26. The molecule has 0 aliphatic heterocycles. The molecule has 5 rings (SSSR count). The van der Waals surface area contributed by atoms with Crippen LogP contribution in [0.1, 0.15) is 48.7 Å². The number of rotatable bonds is 8. The molecule has 1 atom stereocenters. The fourth-order valence-corrected chi connectivity index (χ4v) is 5.26. The summed E-state index contributed by atoms with van der Waals surface area (Å²) in [7, 11) is 0. The van der Waals surface area contributed by atoms with E-state index in [9.17, 15) is 0 Å². The van der Waals surface area contributed by atoms with Gasteiger partial charge in [0.15, 0.2) is 0 Å². The zero-order chi connectivity index (χ0) is 21.9. The molecule has 32 heavy (non-hydrogen) atoms. The number of benzene rings is 1. The summed E-state index contributed by atoms with van der Waals surface area (Å²) in [6.07, 6.45) is 11.3. The summed E-state index contributed by atoms with van der Waals surface area (Å²) in [5, 5.41) is 2.47. The van der Waals surface area contributed by atoms with Crippen LogP contribution in [-0.2, 0) is 13.0 Å². The molecule has 164 valence electrons. The van der Waals surface area contributed by atoms with Crippen LogP contribution in [0.5, 0.6) is 0 Å². The van der Waals surface area contributed by atoms with Crippen LogP contribution >= 0.6 is 0 Å². The Morgan fingerprint density at radius 2 is 1.97 bits per heavy atom. The second-order valence-electron chi connectivity index (χ2n) is 8.65. The van der Waals surface area contributed by atoms with E-state index in [0.29, 0.717) is 6.04 Å². The van der Waals surface area contributed by atoms with Crippen molar-refractivity contribution in [2.45, 2.75) is 44.7 Å². The van der Waals surface area contributed by atoms with Gasteiger partial charge in [0, 0.05) is 35.9 Å². The van der Waals surface area contributed by atoms with Crippen molar-refractivity contribution in [1.82, 2.24) is 19.4 Å². The number of fused-ring (bicyclic) bond motifs is 4. The van der Waals surface area contributed by atoms with E-state index in [2.05, 4.69) is 58.5 Å². The highest BCUT2D eigenvalue weighted by molar-refractivity contribution is 6.09. The predicted octanol–water partition coefficient (Wildman–Crippen LogP) is 5.30. The molecule has 3 heterocycles. The molecule has 1 aliphatic carbocycles. The Balaban J connectivity index is 1.58. The highest BCUT2D eigenvalue weighted by atomic mass is 15.2. The van der Waals surface area contributed by atoms with Crippen LogP contribution in [-0.4, -0.2) is 32.5 Å². The Hall–Kier alpha value is -3.02. The van der Waals surface area contributed by atoms with Crippen LogP contribution in [0.3, 0.4) is 0 Å². The van der Waals surface area contributed by atoms with Gasteiger partial charge in [0.2, 0.25) is 0 Å². The monoisotopic (exact) mass is 425 g/mol. The fraction of sp³-hybridized carbons (Fsp3) is 0.333. The third-order valence-corrected chi connectivity index (χ3v) is 6.74. The molecule has 5 nitrogen and oxygen atoms in total. The van der Waals surface area contributed by atoms with Gasteiger partial charge in [0.1, 0.15) is 0 Å². The number of hydrogen-bond acceptors (Lipinski definition) is 4. The zero-order valence-corrected chi connectivity index (χ0v) is 18.6. The smallest absolute Gasteiger partial charge is 0.0790 e. The molecule has 2 N–H and O–H groups in total. The Labute approximate surface area is 189 Å². The Bertz CT molecular complexity index is 1240. The second kappa shape index (κ2) is 9.23. The van der Waals surface area contributed by atoms with Gasteiger partial charge in [-0.05, 0) is 69.0 Å². The lowest BCUT2D eigenvalue weighted by Crippen LogP contribution is -2.33. The molecule has 5 heteroatoms. The molecular weight excluding hydrogens is 394 g/mol. The van der Waals surface area contributed by atoms with Crippen molar-refractivity contribution in [3.63, 3.8) is 0 Å². The van der Waals surface area contributed by atoms with Crippen LogP contribution in [0.15, 0.2) is 61.4 Å². The summed E-state index contributed by atoms with van der Waals surface area (Å²) in [6, 6.07) is 15.2. The normalized spacial score (nSPS) is 16.0. The first-order valence-electron chi connectivity index (χ1n) is 11.7. The predicted molar refractivity (Wildman–Crippen MR) is 132 cm³/mol. The highest BCUT2D eigenvalue weighted by Gasteiger charge is 2.28. The number of pyridine rings is 2. The molecule has 3 aromatic heterocycles. The summed E-state index contributed by atoms with van der Waals surface area (Å²) < 4.78 is 2.19. The summed E-state index contributed by atoms with van der Waals surface area (Å²) in [5.41, 5.74) is 11.9. The highest BCUT2D eigenvalue weighted by Crippen LogP contribution is 2.36. The molecule has 0 unspecified atom stereocenters. The van der Waals surface area contributed by atoms with E-state index >= 15 is 0 Å². The molecule has 1 aliphatic rings. The first kappa shape index (κ1) is 20.9. The van der Waals surface area contributed by atoms with Crippen molar-refractivity contribution >= 4 is 28.0 Å². The maximum atomic E-state index is 5.82. The number of unbranched alkanes of at least 4 members (excludes halogenated alkanes) is 1. The minimum atomic E-state index is 0.316. The van der Waals surface area contributed by atoms with E-state index in [1.54, 1.807) is 0 Å². The van der Waals surface area contributed by atoms with Gasteiger partial charge < -0.3 is 10.3 Å². The van der Waals surface area contributed by atoms with E-state index < -0.39 is 0 Å². The van der Waals surface area contributed by atoms with Gasteiger partial charge in [-0.2, -0.15) is 0 Å². The standard InChI is InChI=1S/C27H31N5/c1-2-32-24-12-4-3-11-21(24)22-14-17-29-23(27(22)32)19-31(18-6-5-15-28)25-13-7-9-20-10-8-16-30-26(20)25/h2-4,8,10-12,14,16-17,25H,1,5-7,9,13,15,18-19,28H2/t25-/m0/s1. The lowest BCUT2D eigenvalue weighted by molar-refractivity contribution is 0.161. The number of aromatic nitrogens is 3. The number of aryl methyl sites for hydroxylation is 1. The third kappa shape index (κ3) is 3.72. The van der Waals surface area contributed by atoms with E-state index in [1.165, 1.54) is 34.0 Å². The molecule has 0 fully saturated rings. The quantitative estimate of drug-likeness (QED) is 0.389. The maximum Gasteiger partial charge on any atom is 0.0790 e. The first-order valence-corrected chi connectivity index (χ1v) is 11.7. The summed E-state index contributed by atoms with van der Waals surface area (Å²) in [5.74, 6) is 0. The minimum absolute atomic E-state index is 0.316. The van der Waals surface area contributed by atoms with E-state index in [4.69, 9.17) is 15.7 Å². The van der Waals surface area contributed by atoms with E-state index in [-0.39, 0.29) is 0 Å². The van der Waals surface area contributed by atoms with Gasteiger partial charge >= 0.3 is 0 Å². The third-order valence-electron chi connectivity index (χ3n) is 6.74. The van der Waals surface area contributed by atoms with Crippen LogP contribution in [0, 0.1) is 0 Å². The van der Waals surface area contributed by atoms with Gasteiger partial charge in [0.05, 0.1) is 28.5 Å². The van der Waals surface area contributed by atoms with Gasteiger partial charge in [-0.25, -0.2) is 0 Å². The molecule has 0 spiro atoms. The topological polar surface area (TPSA) is 60.0 Å². The van der Waals surface area contributed by atoms with Crippen molar-refractivity contribution in [3.05, 3.63) is 78.4 Å². The molecule has 0 saturated heterocycles. The number of nitrogens with two attached hydrogens (primary N) is 1. The van der Waals surface area contributed by atoms with Crippen LogP contribution in [0.25, 0.3) is 28.0 Å². The van der Waals surface area contributed by atoms with Crippen LogP contribution < -0.4 is 5.73 Å². The van der Waals surface area contributed by atoms with Gasteiger partial charge in [-0.3, -0.25) is 14.9 Å². The average molecular weight is 426 g/mol. The Morgan fingerprint density at radius 1 is 1.06 bits per heavy atom. The molecule has 0 radical (unpaired) electrons. The van der Waals surface area contributed by atoms with E-state index in [0.717, 1.165) is 56.5 Å². The lowest BCUT2D eigenvalue weighted by atomic mass is 9.90. The number of hydrogen-bond donors (Lipinski definition) is 1. The molecular formula is C27H31N5.